The van der Waals surface area contributed by atoms with E-state index >= 15 is 0 Å². The van der Waals surface area contributed by atoms with Crippen molar-refractivity contribution in [3.05, 3.63) is 54.6 Å². The molecule has 2 aromatic carbocycles. The number of benzene rings is 2. The second kappa shape index (κ2) is 10.9. The van der Waals surface area contributed by atoms with Crippen molar-refractivity contribution >= 4 is 29.4 Å². The zero-order valence-electron chi connectivity index (χ0n) is 15.1. The quantitative estimate of drug-likeness (QED) is 0.611. The first-order chi connectivity index (χ1) is 13.1. The third-order valence-electron chi connectivity index (χ3n) is 3.74. The third-order valence-corrected chi connectivity index (χ3v) is 4.41. The van der Waals surface area contributed by atoms with Crippen molar-refractivity contribution in [1.29, 1.82) is 5.26 Å². The molecule has 6 nitrogen and oxygen atoms in total. The highest BCUT2D eigenvalue weighted by Crippen LogP contribution is 2.20. The van der Waals surface area contributed by atoms with Crippen LogP contribution in [0.25, 0.3) is 11.1 Å². The first kappa shape index (κ1) is 20.3. The number of urea groups is 1. The normalized spacial score (nSPS) is 11.1. The predicted octanol–water partition coefficient (Wildman–Crippen LogP) is 3.24. The van der Waals surface area contributed by atoms with Crippen molar-refractivity contribution in [1.82, 2.24) is 10.6 Å². The Morgan fingerprint density at radius 2 is 1.74 bits per heavy atom. The van der Waals surface area contributed by atoms with Gasteiger partial charge in [-0.25, -0.2) is 4.79 Å². The number of hydrogen-bond acceptors (Lipinski definition) is 4. The van der Waals surface area contributed by atoms with E-state index in [0.29, 0.717) is 11.4 Å². The van der Waals surface area contributed by atoms with Gasteiger partial charge in [-0.15, -0.1) is 0 Å². The molecule has 0 bridgehead atoms. The zero-order chi connectivity index (χ0) is 19.5. The summed E-state index contributed by atoms with van der Waals surface area (Å²) < 4.78 is 0. The molecule has 3 N–H and O–H groups in total. The monoisotopic (exact) mass is 382 g/mol. The van der Waals surface area contributed by atoms with Crippen molar-refractivity contribution in [2.24, 2.45) is 0 Å². The van der Waals surface area contributed by atoms with E-state index in [9.17, 15) is 9.59 Å². The maximum atomic E-state index is 12.2. The van der Waals surface area contributed by atoms with Crippen LogP contribution in [0, 0.1) is 11.3 Å². The highest BCUT2D eigenvalue weighted by Gasteiger charge is 2.19. The number of amides is 3. The summed E-state index contributed by atoms with van der Waals surface area (Å²) in [7, 11) is 0. The van der Waals surface area contributed by atoms with Gasteiger partial charge in [0.1, 0.15) is 6.04 Å². The standard InChI is InChI=1S/C20H22N4O2S/c1-27-14-18(19(25)22-13-5-12-21)24-20(26)23-17-10-8-16(9-11-17)15-6-3-2-4-7-15/h2-4,6-11,18H,5,13-14H2,1H3,(H,22,25)(H2,23,24,26). The number of thioether (sulfide) groups is 1. The molecule has 7 heteroatoms. The van der Waals surface area contributed by atoms with Gasteiger partial charge >= 0.3 is 6.03 Å². The summed E-state index contributed by atoms with van der Waals surface area (Å²) in [5.41, 5.74) is 2.79. The van der Waals surface area contributed by atoms with E-state index in [1.807, 2.05) is 66.9 Å². The van der Waals surface area contributed by atoms with Gasteiger partial charge in [0, 0.05) is 18.0 Å². The Hall–Kier alpha value is -2.98. The number of rotatable bonds is 8. The Morgan fingerprint density at radius 3 is 2.37 bits per heavy atom. The number of carbonyl (C=O) groups is 2. The van der Waals surface area contributed by atoms with Crippen molar-refractivity contribution in [2.75, 3.05) is 23.9 Å². The molecule has 27 heavy (non-hydrogen) atoms. The summed E-state index contributed by atoms with van der Waals surface area (Å²) in [6.45, 7) is 0.268. The minimum atomic E-state index is -0.665. The van der Waals surface area contributed by atoms with E-state index in [4.69, 9.17) is 5.26 Å². The van der Waals surface area contributed by atoms with Crippen LogP contribution in [0.5, 0.6) is 0 Å². The van der Waals surface area contributed by atoms with Crippen molar-refractivity contribution < 1.29 is 9.59 Å². The van der Waals surface area contributed by atoms with Gasteiger partial charge in [0.2, 0.25) is 5.91 Å². The molecule has 140 valence electrons. The van der Waals surface area contributed by atoms with Gasteiger partial charge in [-0.2, -0.15) is 17.0 Å². The van der Waals surface area contributed by atoms with E-state index in [-0.39, 0.29) is 18.9 Å². The number of nitriles is 1. The van der Waals surface area contributed by atoms with E-state index in [2.05, 4.69) is 16.0 Å². The summed E-state index contributed by atoms with van der Waals surface area (Å²) >= 11 is 1.46. The number of nitrogens with zero attached hydrogens (tertiary/aromatic N) is 1. The molecule has 0 aliphatic carbocycles. The van der Waals surface area contributed by atoms with Crippen molar-refractivity contribution in [2.45, 2.75) is 12.5 Å². The topological polar surface area (TPSA) is 94.0 Å². The number of carbonyl (C=O) groups excluding carboxylic acids is 2. The smallest absolute Gasteiger partial charge is 0.319 e. The molecule has 0 aliphatic heterocycles. The van der Waals surface area contributed by atoms with Crippen LogP contribution in [0.2, 0.25) is 0 Å². The molecule has 0 aromatic heterocycles. The van der Waals surface area contributed by atoms with Gasteiger partial charge in [-0.1, -0.05) is 42.5 Å². The Balaban J connectivity index is 1.92. The van der Waals surface area contributed by atoms with Crippen molar-refractivity contribution in [3.8, 4) is 17.2 Å². The van der Waals surface area contributed by atoms with Crippen LogP contribution in [0.1, 0.15) is 6.42 Å². The average molecular weight is 382 g/mol. The Kier molecular flexibility index (Phi) is 8.20. The summed E-state index contributed by atoms with van der Waals surface area (Å²) in [6.07, 6.45) is 2.09. The zero-order valence-corrected chi connectivity index (χ0v) is 15.9. The molecular formula is C20H22N4O2S. The molecule has 0 radical (unpaired) electrons. The van der Waals surface area contributed by atoms with Crippen LogP contribution in [-0.2, 0) is 4.79 Å². The molecule has 0 fully saturated rings. The maximum absolute atomic E-state index is 12.2. The fourth-order valence-electron chi connectivity index (χ4n) is 2.42. The summed E-state index contributed by atoms with van der Waals surface area (Å²) in [5.74, 6) is 0.146. The molecule has 3 amide bonds. The minimum Gasteiger partial charge on any atom is -0.353 e. The molecule has 1 unspecified atom stereocenters. The van der Waals surface area contributed by atoms with E-state index in [1.54, 1.807) is 0 Å². The van der Waals surface area contributed by atoms with E-state index in [0.717, 1.165) is 11.1 Å². The van der Waals surface area contributed by atoms with Gasteiger partial charge in [-0.05, 0) is 29.5 Å². The van der Waals surface area contributed by atoms with Gasteiger partial charge in [0.25, 0.3) is 0 Å². The van der Waals surface area contributed by atoms with Gasteiger partial charge in [0.05, 0.1) is 12.5 Å². The lowest BCUT2D eigenvalue weighted by atomic mass is 10.1. The lowest BCUT2D eigenvalue weighted by Gasteiger charge is -2.17. The molecule has 0 saturated heterocycles. The molecule has 0 saturated carbocycles. The van der Waals surface area contributed by atoms with Crippen LogP contribution in [-0.4, -0.2) is 36.5 Å². The third kappa shape index (κ3) is 6.68. The minimum absolute atomic E-state index is 0.234. The largest absolute Gasteiger partial charge is 0.353 e. The molecule has 1 atom stereocenters. The Morgan fingerprint density at radius 1 is 1.07 bits per heavy atom. The highest BCUT2D eigenvalue weighted by molar-refractivity contribution is 7.98. The molecule has 2 rings (SSSR count). The van der Waals surface area contributed by atoms with Crippen LogP contribution in [0.3, 0.4) is 0 Å². The molecule has 0 aliphatic rings. The van der Waals surface area contributed by atoms with Gasteiger partial charge in [0.15, 0.2) is 0 Å². The van der Waals surface area contributed by atoms with Crippen molar-refractivity contribution in [3.63, 3.8) is 0 Å². The SMILES string of the molecule is CSCC(NC(=O)Nc1ccc(-c2ccccc2)cc1)C(=O)NCCC#N. The predicted molar refractivity (Wildman–Crippen MR) is 109 cm³/mol. The van der Waals surface area contributed by atoms with Crippen LogP contribution in [0.4, 0.5) is 10.5 Å². The van der Waals surface area contributed by atoms with E-state index < -0.39 is 12.1 Å². The Labute approximate surface area is 163 Å². The number of nitrogens with one attached hydrogen (secondary N) is 3. The second-order valence-electron chi connectivity index (χ2n) is 5.75. The van der Waals surface area contributed by atoms with Crippen LogP contribution >= 0.6 is 11.8 Å². The average Bonchev–Trinajstić information content (AvgIpc) is 2.69. The number of anilines is 1. The highest BCUT2D eigenvalue weighted by atomic mass is 32.2. The Bertz CT molecular complexity index is 788. The molecule has 2 aromatic rings. The molecule has 0 spiro atoms. The first-order valence-electron chi connectivity index (χ1n) is 8.50. The summed E-state index contributed by atoms with van der Waals surface area (Å²) in [6, 6.07) is 18.3. The van der Waals surface area contributed by atoms with Gasteiger partial charge in [-0.3, -0.25) is 4.79 Å². The van der Waals surface area contributed by atoms with Crippen LogP contribution in [0.15, 0.2) is 54.6 Å². The van der Waals surface area contributed by atoms with Gasteiger partial charge < -0.3 is 16.0 Å². The molecule has 0 heterocycles. The summed E-state index contributed by atoms with van der Waals surface area (Å²) in [5, 5.41) is 16.6. The van der Waals surface area contributed by atoms with Crippen LogP contribution < -0.4 is 16.0 Å². The van der Waals surface area contributed by atoms with E-state index in [1.165, 1.54) is 11.8 Å². The first-order valence-corrected chi connectivity index (χ1v) is 9.90. The molecular weight excluding hydrogens is 360 g/mol. The fraction of sp³-hybridized carbons (Fsp3) is 0.250. The summed E-state index contributed by atoms with van der Waals surface area (Å²) in [4.78, 5) is 24.3. The number of hydrogen-bond donors (Lipinski definition) is 3. The second-order valence-corrected chi connectivity index (χ2v) is 6.66. The lowest BCUT2D eigenvalue weighted by molar-refractivity contribution is -0.122. The lowest BCUT2D eigenvalue weighted by Crippen LogP contribution is -2.49. The fourth-order valence-corrected chi connectivity index (χ4v) is 2.98. The maximum Gasteiger partial charge on any atom is 0.319 e.